The molecule has 0 amide bonds. The zero-order valence-corrected chi connectivity index (χ0v) is 10.7. The van der Waals surface area contributed by atoms with Gasteiger partial charge in [0.25, 0.3) is 0 Å². The number of rotatable bonds is 1. The number of nitrogens with zero attached hydrogens (tertiary/aromatic N) is 1. The van der Waals surface area contributed by atoms with Crippen molar-refractivity contribution in [3.05, 3.63) is 16.1 Å². The molecule has 0 aliphatic rings. The van der Waals surface area contributed by atoms with Gasteiger partial charge in [0.15, 0.2) is 0 Å². The highest BCUT2D eigenvalue weighted by Crippen LogP contribution is 2.31. The normalized spacial score (nSPS) is 16.4. The quantitative estimate of drug-likeness (QED) is 0.686. The van der Waals surface area contributed by atoms with E-state index in [4.69, 9.17) is 2.74 Å². The van der Waals surface area contributed by atoms with Crippen LogP contribution in [0, 0.1) is 5.41 Å². The summed E-state index contributed by atoms with van der Waals surface area (Å²) in [7, 11) is 0. The summed E-state index contributed by atoms with van der Waals surface area (Å²) < 4.78 is 16.6. The fraction of sp³-hybridized carbons (Fsp3) is 0.750. The molecule has 80 valence electrons. The second-order valence-corrected chi connectivity index (χ2v) is 6.51. The first-order valence-corrected chi connectivity index (χ1v) is 5.80. The van der Waals surface area contributed by atoms with Crippen LogP contribution in [0.1, 0.15) is 54.9 Å². The lowest BCUT2D eigenvalue weighted by Crippen LogP contribution is -2.17. The molecule has 0 atom stereocenters. The lowest BCUT2D eigenvalue weighted by atomic mass is 9.85. The second kappa shape index (κ2) is 3.65. The van der Waals surface area contributed by atoms with Crippen molar-refractivity contribution >= 4 is 11.3 Å². The van der Waals surface area contributed by atoms with Crippen molar-refractivity contribution in [2.75, 3.05) is 0 Å². The van der Waals surface area contributed by atoms with Crippen LogP contribution in [0.5, 0.6) is 0 Å². The van der Waals surface area contributed by atoms with Gasteiger partial charge in [-0.05, 0) is 11.8 Å². The van der Waals surface area contributed by atoms with Gasteiger partial charge in [0.1, 0.15) is 0 Å². The Balaban J connectivity index is 3.31. The van der Waals surface area contributed by atoms with Gasteiger partial charge in [-0.3, -0.25) is 0 Å². The summed E-state index contributed by atoms with van der Waals surface area (Å²) in [4.78, 5) is 5.12. The third kappa shape index (κ3) is 3.09. The summed E-state index contributed by atoms with van der Waals surface area (Å²) in [6.07, 6.45) is -1.34. The first-order chi connectivity index (χ1) is 6.98. The standard InChI is InChI=1S/C12H21NS/c1-11(2,3)7-9-10(12(4,5)6)13-8-14-9/h8H,7H2,1-6H3/i7D2. The molecular formula is C12H21NS. The number of hydrogen-bond acceptors (Lipinski definition) is 2. The third-order valence-corrected chi connectivity index (χ3v) is 2.51. The zero-order chi connectivity index (χ0) is 12.8. The van der Waals surface area contributed by atoms with E-state index < -0.39 is 11.8 Å². The first-order valence-electron chi connectivity index (χ1n) is 5.92. The number of thiazole rings is 1. The van der Waals surface area contributed by atoms with Gasteiger partial charge in [-0.2, -0.15) is 0 Å². The van der Waals surface area contributed by atoms with Crippen molar-refractivity contribution in [3.63, 3.8) is 0 Å². The Hall–Kier alpha value is -0.370. The molecule has 0 spiro atoms. The van der Waals surface area contributed by atoms with Crippen molar-refractivity contribution in [3.8, 4) is 0 Å². The van der Waals surface area contributed by atoms with Crippen LogP contribution in [-0.2, 0) is 11.8 Å². The smallest absolute Gasteiger partial charge is 0.0797 e. The van der Waals surface area contributed by atoms with Gasteiger partial charge < -0.3 is 0 Å². The van der Waals surface area contributed by atoms with E-state index in [0.717, 1.165) is 10.6 Å². The van der Waals surface area contributed by atoms with Crippen molar-refractivity contribution in [1.82, 2.24) is 4.98 Å². The monoisotopic (exact) mass is 213 g/mol. The lowest BCUT2D eigenvalue weighted by Gasteiger charge is -2.22. The molecule has 0 aliphatic heterocycles. The van der Waals surface area contributed by atoms with Gasteiger partial charge >= 0.3 is 0 Å². The number of aromatic nitrogens is 1. The molecule has 0 N–H and O–H groups in total. The molecule has 1 rings (SSSR count). The maximum Gasteiger partial charge on any atom is 0.0797 e. The Labute approximate surface area is 94.4 Å². The van der Waals surface area contributed by atoms with E-state index in [1.165, 1.54) is 11.3 Å². The molecule has 1 heterocycles. The van der Waals surface area contributed by atoms with Gasteiger partial charge in [-0.25, -0.2) is 4.98 Å². The zero-order valence-electron chi connectivity index (χ0n) is 11.9. The van der Waals surface area contributed by atoms with Gasteiger partial charge in [0, 0.05) is 13.0 Å². The highest BCUT2D eigenvalue weighted by molar-refractivity contribution is 7.09. The third-order valence-electron chi connectivity index (χ3n) is 1.77. The Morgan fingerprint density at radius 2 is 1.86 bits per heavy atom. The van der Waals surface area contributed by atoms with E-state index in [1.807, 2.05) is 20.8 Å². The fourth-order valence-corrected chi connectivity index (χ4v) is 2.31. The van der Waals surface area contributed by atoms with Crippen LogP contribution in [0.3, 0.4) is 0 Å². The molecule has 2 heteroatoms. The highest BCUT2D eigenvalue weighted by atomic mass is 32.1. The minimum atomic E-state index is -1.34. The Bertz CT molecular complexity index is 369. The van der Waals surface area contributed by atoms with Gasteiger partial charge in [-0.15, -0.1) is 11.3 Å². The first kappa shape index (κ1) is 8.90. The predicted molar refractivity (Wildman–Crippen MR) is 64.0 cm³/mol. The van der Waals surface area contributed by atoms with E-state index in [2.05, 4.69) is 25.8 Å². The second-order valence-electron chi connectivity index (χ2n) is 5.66. The van der Waals surface area contributed by atoms with Crippen LogP contribution in [0.15, 0.2) is 5.51 Å². The van der Waals surface area contributed by atoms with Crippen LogP contribution in [0.25, 0.3) is 0 Å². The molecule has 1 nitrogen and oxygen atoms in total. The maximum atomic E-state index is 8.29. The van der Waals surface area contributed by atoms with Crippen molar-refractivity contribution in [2.24, 2.45) is 5.41 Å². The summed E-state index contributed by atoms with van der Waals surface area (Å²) >= 11 is 1.42. The van der Waals surface area contributed by atoms with Crippen LogP contribution < -0.4 is 0 Å². The predicted octanol–water partition coefficient (Wildman–Crippen LogP) is 4.03. The highest BCUT2D eigenvalue weighted by Gasteiger charge is 2.23. The van der Waals surface area contributed by atoms with Crippen molar-refractivity contribution in [2.45, 2.75) is 53.3 Å². The Morgan fingerprint density at radius 3 is 2.29 bits per heavy atom. The number of hydrogen-bond donors (Lipinski definition) is 0. The molecule has 0 aliphatic carbocycles. The molecule has 0 fully saturated rings. The minimum Gasteiger partial charge on any atom is -0.249 e. The van der Waals surface area contributed by atoms with Crippen LogP contribution in [0.4, 0.5) is 0 Å². The van der Waals surface area contributed by atoms with E-state index in [-0.39, 0.29) is 5.41 Å². The summed E-state index contributed by atoms with van der Waals surface area (Å²) in [5.74, 6) is 0. The van der Waals surface area contributed by atoms with Crippen molar-refractivity contribution in [1.29, 1.82) is 0 Å². The molecule has 0 saturated carbocycles. The summed E-state index contributed by atoms with van der Waals surface area (Å²) in [5.41, 5.74) is 2.12. The molecule has 0 bridgehead atoms. The SMILES string of the molecule is [2H]C([2H])(c1scnc1C(C)(C)C)C(C)(C)C. The van der Waals surface area contributed by atoms with Gasteiger partial charge in [-0.1, -0.05) is 41.5 Å². The Morgan fingerprint density at radius 1 is 1.29 bits per heavy atom. The molecule has 0 radical (unpaired) electrons. The van der Waals surface area contributed by atoms with Gasteiger partial charge in [0.05, 0.1) is 11.2 Å². The summed E-state index contributed by atoms with van der Waals surface area (Å²) in [6, 6.07) is 0. The van der Waals surface area contributed by atoms with E-state index in [0.29, 0.717) is 0 Å². The topological polar surface area (TPSA) is 12.9 Å². The molecule has 0 saturated heterocycles. The van der Waals surface area contributed by atoms with Crippen LogP contribution >= 0.6 is 11.3 Å². The van der Waals surface area contributed by atoms with E-state index in [9.17, 15) is 0 Å². The molecule has 14 heavy (non-hydrogen) atoms. The van der Waals surface area contributed by atoms with E-state index >= 15 is 0 Å². The average Bonchev–Trinajstić information content (AvgIpc) is 2.47. The minimum absolute atomic E-state index is 0.103. The van der Waals surface area contributed by atoms with Crippen LogP contribution in [0.2, 0.25) is 0 Å². The molecular weight excluding hydrogens is 190 g/mol. The maximum absolute atomic E-state index is 8.29. The molecule has 0 unspecified atom stereocenters. The molecule has 1 aromatic rings. The largest absolute Gasteiger partial charge is 0.249 e. The average molecular weight is 213 g/mol. The summed E-state index contributed by atoms with van der Waals surface area (Å²) in [6.45, 7) is 12.0. The molecule has 0 aromatic carbocycles. The van der Waals surface area contributed by atoms with Crippen molar-refractivity contribution < 1.29 is 2.74 Å². The summed E-state index contributed by atoms with van der Waals surface area (Å²) in [5, 5.41) is 0. The van der Waals surface area contributed by atoms with Crippen LogP contribution in [-0.4, -0.2) is 4.98 Å². The fourth-order valence-electron chi connectivity index (χ4n) is 1.21. The lowest BCUT2D eigenvalue weighted by molar-refractivity contribution is 0.409. The Kier molecular flexibility index (Phi) is 2.32. The van der Waals surface area contributed by atoms with E-state index in [1.54, 1.807) is 5.51 Å². The van der Waals surface area contributed by atoms with Gasteiger partial charge in [0.2, 0.25) is 0 Å². The molecule has 1 aromatic heterocycles.